The van der Waals surface area contributed by atoms with Crippen LogP contribution in [0.1, 0.15) is 55.4 Å². The molecule has 0 aliphatic heterocycles. The van der Waals surface area contributed by atoms with Crippen molar-refractivity contribution in [3.63, 3.8) is 0 Å². The molecule has 2 N–H and O–H groups in total. The Morgan fingerprint density at radius 3 is 2.50 bits per heavy atom. The number of hydrogen-bond donors (Lipinski definition) is 2. The van der Waals surface area contributed by atoms with Crippen LogP contribution in [0.2, 0.25) is 0 Å². The van der Waals surface area contributed by atoms with Gasteiger partial charge in [0.2, 0.25) is 0 Å². The normalized spacial score (nSPS) is 16.8. The van der Waals surface area contributed by atoms with Crippen LogP contribution >= 0.6 is 15.9 Å². The summed E-state index contributed by atoms with van der Waals surface area (Å²) in [7, 11) is 0. The Hall–Kier alpha value is -1.10. The van der Waals surface area contributed by atoms with Crippen LogP contribution in [0.25, 0.3) is 0 Å². The molecule has 4 nitrogen and oxygen atoms in total. The number of aromatic amines is 1. The average Bonchev–Trinajstić information content (AvgIpc) is 2.74. The van der Waals surface area contributed by atoms with E-state index in [0.29, 0.717) is 5.69 Å². The number of hydrazone groups is 1. The third kappa shape index (κ3) is 3.98. The predicted molar refractivity (Wildman–Crippen MR) is 75.7 cm³/mol. The van der Waals surface area contributed by atoms with Gasteiger partial charge in [0.15, 0.2) is 0 Å². The summed E-state index contributed by atoms with van der Waals surface area (Å²) >= 11 is 3.30. The zero-order valence-corrected chi connectivity index (χ0v) is 11.9. The smallest absolute Gasteiger partial charge is 0.287 e. The Balaban J connectivity index is 1.90. The molecule has 1 amide bonds. The Labute approximate surface area is 115 Å². The highest BCUT2D eigenvalue weighted by atomic mass is 79.9. The van der Waals surface area contributed by atoms with Crippen molar-refractivity contribution in [3.8, 4) is 0 Å². The molecule has 0 unspecified atom stereocenters. The second-order valence-corrected chi connectivity index (χ2v) is 5.53. The van der Waals surface area contributed by atoms with Crippen molar-refractivity contribution in [3.05, 3.63) is 22.4 Å². The van der Waals surface area contributed by atoms with Crippen LogP contribution in [0, 0.1) is 0 Å². The standard InChI is InChI=1S/C13H18BrN3O/c14-10-8-12(15-9-10)13(18)17-16-11-6-4-2-1-3-5-7-11/h8-9,15H,1-7H2,(H,17,18). The number of aromatic nitrogens is 1. The van der Waals surface area contributed by atoms with Crippen molar-refractivity contribution in [2.75, 3.05) is 0 Å². The molecule has 0 radical (unpaired) electrons. The van der Waals surface area contributed by atoms with Gasteiger partial charge in [0, 0.05) is 16.4 Å². The first-order chi connectivity index (χ1) is 8.75. The molecule has 0 atom stereocenters. The van der Waals surface area contributed by atoms with Crippen LogP contribution in [0.15, 0.2) is 21.8 Å². The minimum atomic E-state index is -0.185. The van der Waals surface area contributed by atoms with Gasteiger partial charge in [-0.2, -0.15) is 5.10 Å². The second kappa shape index (κ2) is 6.73. The number of hydrogen-bond acceptors (Lipinski definition) is 2. The van der Waals surface area contributed by atoms with Crippen molar-refractivity contribution in [1.29, 1.82) is 0 Å². The summed E-state index contributed by atoms with van der Waals surface area (Å²) < 4.78 is 0.867. The first-order valence-electron chi connectivity index (χ1n) is 6.45. The summed E-state index contributed by atoms with van der Waals surface area (Å²) in [6, 6.07) is 1.74. The first-order valence-corrected chi connectivity index (χ1v) is 7.25. The fourth-order valence-electron chi connectivity index (χ4n) is 2.11. The summed E-state index contributed by atoms with van der Waals surface area (Å²) in [5.41, 5.74) is 4.27. The van der Waals surface area contributed by atoms with Crippen molar-refractivity contribution in [2.45, 2.75) is 44.9 Å². The lowest BCUT2D eigenvalue weighted by Gasteiger charge is -2.10. The maximum atomic E-state index is 11.8. The van der Waals surface area contributed by atoms with Gasteiger partial charge in [-0.25, -0.2) is 5.43 Å². The lowest BCUT2D eigenvalue weighted by Crippen LogP contribution is -2.20. The maximum Gasteiger partial charge on any atom is 0.287 e. The average molecular weight is 312 g/mol. The molecule has 0 bridgehead atoms. The number of nitrogens with zero attached hydrogens (tertiary/aromatic N) is 1. The Morgan fingerprint density at radius 2 is 1.89 bits per heavy atom. The second-order valence-electron chi connectivity index (χ2n) is 4.62. The van der Waals surface area contributed by atoms with Gasteiger partial charge in [0.25, 0.3) is 5.91 Å². The molecule has 1 aromatic heterocycles. The summed E-state index contributed by atoms with van der Waals surface area (Å²) in [4.78, 5) is 14.7. The molecule has 18 heavy (non-hydrogen) atoms. The fraction of sp³-hybridized carbons (Fsp3) is 0.538. The van der Waals surface area contributed by atoms with Crippen LogP contribution in [0.5, 0.6) is 0 Å². The molecule has 0 spiro atoms. The molecule has 2 rings (SSSR count). The van der Waals surface area contributed by atoms with Crippen LogP contribution in [-0.4, -0.2) is 16.6 Å². The molecule has 5 heteroatoms. The van der Waals surface area contributed by atoms with E-state index in [1.165, 1.54) is 32.1 Å². The molecule has 1 fully saturated rings. The molecule has 1 heterocycles. The molecule has 0 aromatic carbocycles. The number of rotatable bonds is 2. The van der Waals surface area contributed by atoms with Gasteiger partial charge >= 0.3 is 0 Å². The van der Waals surface area contributed by atoms with E-state index < -0.39 is 0 Å². The lowest BCUT2D eigenvalue weighted by atomic mass is 9.99. The summed E-state index contributed by atoms with van der Waals surface area (Å²) in [5.74, 6) is -0.185. The van der Waals surface area contributed by atoms with Gasteiger partial charge in [-0.1, -0.05) is 19.3 Å². The van der Waals surface area contributed by atoms with E-state index in [-0.39, 0.29) is 5.91 Å². The number of nitrogens with one attached hydrogen (secondary N) is 2. The van der Waals surface area contributed by atoms with E-state index in [0.717, 1.165) is 23.0 Å². The van der Waals surface area contributed by atoms with Crippen molar-refractivity contribution in [2.24, 2.45) is 5.10 Å². The third-order valence-corrected chi connectivity index (χ3v) is 3.60. The number of carbonyl (C=O) groups is 1. The molecular formula is C13H18BrN3O. The largest absolute Gasteiger partial charge is 0.356 e. The molecule has 0 saturated heterocycles. The fourth-order valence-corrected chi connectivity index (χ4v) is 2.46. The summed E-state index contributed by atoms with van der Waals surface area (Å²) in [6.07, 6.45) is 10.00. The zero-order valence-electron chi connectivity index (χ0n) is 10.3. The van der Waals surface area contributed by atoms with Crippen molar-refractivity contribution in [1.82, 2.24) is 10.4 Å². The summed E-state index contributed by atoms with van der Waals surface area (Å²) in [5, 5.41) is 4.25. The van der Waals surface area contributed by atoms with Gasteiger partial charge in [-0.3, -0.25) is 4.79 Å². The number of carbonyl (C=O) groups excluding carboxylic acids is 1. The first kappa shape index (κ1) is 13.3. The Morgan fingerprint density at radius 1 is 1.22 bits per heavy atom. The van der Waals surface area contributed by atoms with E-state index in [1.54, 1.807) is 12.3 Å². The minimum absolute atomic E-state index is 0.185. The number of H-pyrrole nitrogens is 1. The van der Waals surface area contributed by atoms with Gasteiger partial charge in [-0.15, -0.1) is 0 Å². The Bertz CT molecular complexity index is 429. The highest BCUT2D eigenvalue weighted by Crippen LogP contribution is 2.15. The van der Waals surface area contributed by atoms with Gasteiger partial charge in [-0.05, 0) is 47.7 Å². The molecule has 1 saturated carbocycles. The molecule has 1 aromatic rings. The quantitative estimate of drug-likeness (QED) is 0.805. The minimum Gasteiger partial charge on any atom is -0.356 e. The van der Waals surface area contributed by atoms with Gasteiger partial charge in [0.05, 0.1) is 0 Å². The number of amides is 1. The van der Waals surface area contributed by atoms with Crippen LogP contribution < -0.4 is 5.43 Å². The van der Waals surface area contributed by atoms with E-state index in [2.05, 4.69) is 31.4 Å². The molecule has 1 aliphatic carbocycles. The highest BCUT2D eigenvalue weighted by molar-refractivity contribution is 9.10. The summed E-state index contributed by atoms with van der Waals surface area (Å²) in [6.45, 7) is 0. The molecule has 1 aliphatic rings. The zero-order chi connectivity index (χ0) is 12.8. The highest BCUT2D eigenvalue weighted by Gasteiger charge is 2.08. The van der Waals surface area contributed by atoms with E-state index in [1.807, 2.05) is 0 Å². The SMILES string of the molecule is O=C(NN=C1CCCCCCC1)c1cc(Br)c[nH]1. The van der Waals surface area contributed by atoms with E-state index in [9.17, 15) is 4.79 Å². The number of halogens is 1. The van der Waals surface area contributed by atoms with E-state index in [4.69, 9.17) is 0 Å². The third-order valence-electron chi connectivity index (χ3n) is 3.14. The lowest BCUT2D eigenvalue weighted by molar-refractivity contribution is 0.0950. The predicted octanol–water partition coefficient (Wildman–Crippen LogP) is 3.61. The Kier molecular flexibility index (Phi) is 4.99. The van der Waals surface area contributed by atoms with Crippen molar-refractivity contribution >= 4 is 27.5 Å². The van der Waals surface area contributed by atoms with Crippen LogP contribution in [0.4, 0.5) is 0 Å². The van der Waals surface area contributed by atoms with Gasteiger partial charge in [0.1, 0.15) is 5.69 Å². The molecular weight excluding hydrogens is 294 g/mol. The van der Waals surface area contributed by atoms with Gasteiger partial charge < -0.3 is 4.98 Å². The monoisotopic (exact) mass is 311 g/mol. The van der Waals surface area contributed by atoms with Crippen molar-refractivity contribution < 1.29 is 4.79 Å². The maximum absolute atomic E-state index is 11.8. The van der Waals surface area contributed by atoms with Crippen LogP contribution in [0.3, 0.4) is 0 Å². The van der Waals surface area contributed by atoms with E-state index >= 15 is 0 Å². The topological polar surface area (TPSA) is 57.2 Å². The van der Waals surface area contributed by atoms with Crippen LogP contribution in [-0.2, 0) is 0 Å². The molecule has 98 valence electrons.